The van der Waals surface area contributed by atoms with E-state index in [4.69, 9.17) is 9.47 Å². The summed E-state index contributed by atoms with van der Waals surface area (Å²) in [6, 6.07) is 16.9. The average Bonchev–Trinajstić information content (AvgIpc) is 3.25. The first-order chi connectivity index (χ1) is 14.2. The summed E-state index contributed by atoms with van der Waals surface area (Å²) >= 11 is 0. The highest BCUT2D eigenvalue weighted by atomic mass is 16.5. The van der Waals surface area contributed by atoms with Crippen molar-refractivity contribution in [2.75, 3.05) is 32.2 Å². The molecule has 7 nitrogen and oxygen atoms in total. The summed E-state index contributed by atoms with van der Waals surface area (Å²) in [5.74, 6) is 0.349. The number of nitrogens with one attached hydrogen (secondary N) is 1. The van der Waals surface area contributed by atoms with Gasteiger partial charge < -0.3 is 14.8 Å². The fourth-order valence-corrected chi connectivity index (χ4v) is 2.92. The Bertz CT molecular complexity index is 850. The van der Waals surface area contributed by atoms with Crippen LogP contribution in [-0.4, -0.2) is 49.4 Å². The lowest BCUT2D eigenvalue weighted by Crippen LogP contribution is -2.24. The van der Waals surface area contributed by atoms with Gasteiger partial charge in [0.05, 0.1) is 18.9 Å². The summed E-state index contributed by atoms with van der Waals surface area (Å²) in [6.45, 7) is 1.53. The van der Waals surface area contributed by atoms with Crippen molar-refractivity contribution in [3.05, 3.63) is 60.2 Å². The Hall–Kier alpha value is -3.19. The van der Waals surface area contributed by atoms with Crippen molar-refractivity contribution in [1.29, 1.82) is 0 Å². The lowest BCUT2D eigenvalue weighted by molar-refractivity contribution is -0.132. The molecule has 0 unspecified atom stereocenters. The van der Waals surface area contributed by atoms with Gasteiger partial charge in [0.25, 0.3) is 0 Å². The van der Waals surface area contributed by atoms with Crippen molar-refractivity contribution in [3.8, 4) is 5.75 Å². The third-order valence-electron chi connectivity index (χ3n) is 4.46. The summed E-state index contributed by atoms with van der Waals surface area (Å²) in [4.78, 5) is 24.5. The number of benzene rings is 2. The number of anilines is 1. The molecule has 29 heavy (non-hydrogen) atoms. The van der Waals surface area contributed by atoms with E-state index in [1.54, 1.807) is 31.4 Å². The molecule has 1 aliphatic heterocycles. The topological polar surface area (TPSA) is 80.2 Å². The summed E-state index contributed by atoms with van der Waals surface area (Å²) in [6.07, 6.45) is 0.952. The molecule has 0 bridgehead atoms. The maximum atomic E-state index is 12.4. The second-order valence-corrected chi connectivity index (χ2v) is 6.59. The second kappa shape index (κ2) is 10.4. The van der Waals surface area contributed by atoms with Crippen LogP contribution in [0.4, 0.5) is 5.69 Å². The highest BCUT2D eigenvalue weighted by Crippen LogP contribution is 2.17. The van der Waals surface area contributed by atoms with E-state index in [-0.39, 0.29) is 24.7 Å². The van der Waals surface area contributed by atoms with Gasteiger partial charge in [-0.05, 0) is 29.8 Å². The molecule has 2 amide bonds. The summed E-state index contributed by atoms with van der Waals surface area (Å²) in [5.41, 5.74) is 2.58. The number of nitrogens with zero attached hydrogens (tertiary/aromatic N) is 2. The SMILES string of the molecule is COCCOc1ccc(NC(=O)CCC(=O)N2CCC(c3ccccc3)=N2)cc1. The fourth-order valence-electron chi connectivity index (χ4n) is 2.92. The van der Waals surface area contributed by atoms with E-state index in [1.807, 2.05) is 30.3 Å². The zero-order chi connectivity index (χ0) is 20.5. The van der Waals surface area contributed by atoms with Crippen LogP contribution in [-0.2, 0) is 14.3 Å². The quantitative estimate of drug-likeness (QED) is 0.662. The minimum absolute atomic E-state index is 0.109. The number of methoxy groups -OCH3 is 1. The fraction of sp³-hybridized carbons (Fsp3) is 0.318. The Morgan fingerprint density at radius 3 is 2.52 bits per heavy atom. The third-order valence-corrected chi connectivity index (χ3v) is 4.46. The Labute approximate surface area is 170 Å². The van der Waals surface area contributed by atoms with Crippen LogP contribution < -0.4 is 10.1 Å². The van der Waals surface area contributed by atoms with Crippen LogP contribution in [0.25, 0.3) is 0 Å². The van der Waals surface area contributed by atoms with Crippen molar-refractivity contribution in [1.82, 2.24) is 5.01 Å². The molecule has 3 rings (SSSR count). The van der Waals surface area contributed by atoms with E-state index < -0.39 is 0 Å². The van der Waals surface area contributed by atoms with Gasteiger partial charge in [0.1, 0.15) is 12.4 Å². The predicted octanol–water partition coefficient (Wildman–Crippen LogP) is 3.07. The van der Waals surface area contributed by atoms with E-state index in [9.17, 15) is 9.59 Å². The van der Waals surface area contributed by atoms with Gasteiger partial charge in [0.15, 0.2) is 0 Å². The smallest absolute Gasteiger partial charge is 0.243 e. The summed E-state index contributed by atoms with van der Waals surface area (Å²) in [7, 11) is 1.62. The molecule has 2 aromatic rings. The number of hydrogen-bond donors (Lipinski definition) is 1. The Morgan fingerprint density at radius 1 is 1.03 bits per heavy atom. The lowest BCUT2D eigenvalue weighted by atomic mass is 10.1. The van der Waals surface area contributed by atoms with E-state index in [0.717, 1.165) is 17.7 Å². The van der Waals surface area contributed by atoms with Gasteiger partial charge in [-0.1, -0.05) is 30.3 Å². The standard InChI is InChI=1S/C22H25N3O4/c1-28-15-16-29-19-9-7-18(8-10-19)23-21(26)11-12-22(27)25-14-13-20(24-25)17-5-3-2-4-6-17/h2-10H,11-16H2,1H3,(H,23,26). The number of hydrazone groups is 1. The van der Waals surface area contributed by atoms with Gasteiger partial charge in [-0.15, -0.1) is 0 Å². The van der Waals surface area contributed by atoms with E-state index >= 15 is 0 Å². The molecule has 0 radical (unpaired) electrons. The van der Waals surface area contributed by atoms with Crippen molar-refractivity contribution < 1.29 is 19.1 Å². The van der Waals surface area contributed by atoms with Crippen molar-refractivity contribution in [3.63, 3.8) is 0 Å². The van der Waals surface area contributed by atoms with Crippen LogP contribution in [0.5, 0.6) is 5.75 Å². The van der Waals surface area contributed by atoms with Crippen molar-refractivity contribution in [2.24, 2.45) is 5.10 Å². The number of carbonyl (C=O) groups is 2. The molecule has 0 aromatic heterocycles. The molecular weight excluding hydrogens is 370 g/mol. The number of ether oxygens (including phenoxy) is 2. The molecule has 0 aliphatic carbocycles. The van der Waals surface area contributed by atoms with Gasteiger partial charge in [-0.25, -0.2) is 5.01 Å². The Morgan fingerprint density at radius 2 is 1.79 bits per heavy atom. The van der Waals surface area contributed by atoms with Gasteiger partial charge in [0, 0.05) is 32.1 Å². The third kappa shape index (κ3) is 6.15. The zero-order valence-corrected chi connectivity index (χ0v) is 16.5. The van der Waals surface area contributed by atoms with Crippen LogP contribution in [0, 0.1) is 0 Å². The molecule has 1 N–H and O–H groups in total. The van der Waals surface area contributed by atoms with Crippen molar-refractivity contribution in [2.45, 2.75) is 19.3 Å². The Kier molecular flexibility index (Phi) is 7.35. The molecule has 0 atom stereocenters. The molecule has 0 saturated carbocycles. The number of hydrogen-bond acceptors (Lipinski definition) is 5. The highest BCUT2D eigenvalue weighted by Gasteiger charge is 2.21. The zero-order valence-electron chi connectivity index (χ0n) is 16.5. The predicted molar refractivity (Wildman–Crippen MR) is 111 cm³/mol. The summed E-state index contributed by atoms with van der Waals surface area (Å²) < 4.78 is 10.4. The molecule has 1 aliphatic rings. The first-order valence-electron chi connectivity index (χ1n) is 9.60. The molecule has 0 fully saturated rings. The maximum Gasteiger partial charge on any atom is 0.243 e. The van der Waals surface area contributed by atoms with Gasteiger partial charge >= 0.3 is 0 Å². The molecule has 0 spiro atoms. The summed E-state index contributed by atoms with van der Waals surface area (Å²) in [5, 5.41) is 8.66. The van der Waals surface area contributed by atoms with Crippen LogP contribution in [0.15, 0.2) is 59.7 Å². The van der Waals surface area contributed by atoms with E-state index in [2.05, 4.69) is 10.4 Å². The van der Waals surface area contributed by atoms with Crippen LogP contribution in [0.3, 0.4) is 0 Å². The lowest BCUT2D eigenvalue weighted by Gasteiger charge is -2.11. The number of amides is 2. The number of carbonyl (C=O) groups excluding carboxylic acids is 2. The van der Waals surface area contributed by atoms with E-state index in [0.29, 0.717) is 31.2 Å². The molecular formula is C22H25N3O4. The average molecular weight is 395 g/mol. The molecule has 1 heterocycles. The monoisotopic (exact) mass is 395 g/mol. The minimum atomic E-state index is -0.210. The maximum absolute atomic E-state index is 12.4. The number of rotatable bonds is 9. The van der Waals surface area contributed by atoms with Gasteiger partial charge in [0.2, 0.25) is 11.8 Å². The Balaban J connectivity index is 1.43. The first kappa shape index (κ1) is 20.5. The minimum Gasteiger partial charge on any atom is -0.491 e. The first-order valence-corrected chi connectivity index (χ1v) is 9.60. The molecule has 2 aromatic carbocycles. The molecule has 7 heteroatoms. The van der Waals surface area contributed by atoms with Crippen LogP contribution in [0.2, 0.25) is 0 Å². The molecule has 152 valence electrons. The van der Waals surface area contributed by atoms with Crippen LogP contribution in [0.1, 0.15) is 24.8 Å². The largest absolute Gasteiger partial charge is 0.491 e. The second-order valence-electron chi connectivity index (χ2n) is 6.59. The normalized spacial score (nSPS) is 13.1. The van der Waals surface area contributed by atoms with Crippen molar-refractivity contribution >= 4 is 23.2 Å². The highest BCUT2D eigenvalue weighted by molar-refractivity contribution is 6.02. The van der Waals surface area contributed by atoms with E-state index in [1.165, 1.54) is 5.01 Å². The van der Waals surface area contributed by atoms with Gasteiger partial charge in [-0.2, -0.15) is 5.10 Å². The van der Waals surface area contributed by atoms with Gasteiger partial charge in [-0.3, -0.25) is 9.59 Å². The van der Waals surface area contributed by atoms with Crippen LogP contribution >= 0.6 is 0 Å². The molecule has 0 saturated heterocycles.